The van der Waals surface area contributed by atoms with Crippen molar-refractivity contribution in [2.45, 2.75) is 10.7 Å². The van der Waals surface area contributed by atoms with Gasteiger partial charge in [0, 0.05) is 20.7 Å². The van der Waals surface area contributed by atoms with Crippen molar-refractivity contribution in [3.63, 3.8) is 0 Å². The molecule has 0 radical (unpaired) electrons. The monoisotopic (exact) mass is 454 g/mol. The molecule has 0 saturated heterocycles. The minimum absolute atomic E-state index is 0.421. The summed E-state index contributed by atoms with van der Waals surface area (Å²) in [6.07, 6.45) is 0. The lowest BCUT2D eigenvalue weighted by Gasteiger charge is -2.17. The SMILES string of the molecule is C=C(OC)c1cc(CBr)c(CBr)c(Br)c1C(=O)OC. The fraction of sp³-hybridized carbons (Fsp3) is 0.308. The van der Waals surface area contributed by atoms with Gasteiger partial charge in [-0.3, -0.25) is 0 Å². The lowest BCUT2D eigenvalue weighted by molar-refractivity contribution is 0.0598. The Balaban J connectivity index is 3.65. The smallest absolute Gasteiger partial charge is 0.339 e. The van der Waals surface area contributed by atoms with Crippen LogP contribution in [0.15, 0.2) is 17.1 Å². The maximum absolute atomic E-state index is 12.0. The van der Waals surface area contributed by atoms with Gasteiger partial charge in [0.15, 0.2) is 0 Å². The zero-order valence-electron chi connectivity index (χ0n) is 10.6. The first kappa shape index (κ1) is 16.7. The molecule has 1 aromatic carbocycles. The zero-order chi connectivity index (χ0) is 14.6. The third-order valence-electron chi connectivity index (χ3n) is 2.67. The van der Waals surface area contributed by atoms with Crippen LogP contribution < -0.4 is 0 Å². The van der Waals surface area contributed by atoms with Crippen molar-refractivity contribution in [3.8, 4) is 0 Å². The lowest BCUT2D eigenvalue weighted by atomic mass is 9.99. The maximum atomic E-state index is 12.0. The molecule has 0 bridgehead atoms. The number of benzene rings is 1. The second-order valence-electron chi connectivity index (χ2n) is 3.64. The van der Waals surface area contributed by atoms with E-state index >= 15 is 0 Å². The molecule has 19 heavy (non-hydrogen) atoms. The normalized spacial score (nSPS) is 10.2. The van der Waals surface area contributed by atoms with Crippen molar-refractivity contribution < 1.29 is 14.3 Å². The summed E-state index contributed by atoms with van der Waals surface area (Å²) >= 11 is 10.3. The van der Waals surface area contributed by atoms with Gasteiger partial charge in [0.1, 0.15) is 5.76 Å². The van der Waals surface area contributed by atoms with Crippen LogP contribution in [0.2, 0.25) is 0 Å². The van der Waals surface area contributed by atoms with Crippen LogP contribution in [0.5, 0.6) is 0 Å². The van der Waals surface area contributed by atoms with Crippen LogP contribution in [0, 0.1) is 0 Å². The number of rotatable bonds is 5. The van der Waals surface area contributed by atoms with Crippen LogP contribution in [0.3, 0.4) is 0 Å². The Bertz CT molecular complexity index is 512. The van der Waals surface area contributed by atoms with Crippen LogP contribution in [-0.2, 0) is 20.1 Å². The highest BCUT2D eigenvalue weighted by atomic mass is 79.9. The van der Waals surface area contributed by atoms with Gasteiger partial charge in [0.25, 0.3) is 0 Å². The second-order valence-corrected chi connectivity index (χ2v) is 5.55. The molecule has 0 aliphatic rings. The fourth-order valence-corrected chi connectivity index (χ4v) is 3.93. The summed E-state index contributed by atoms with van der Waals surface area (Å²) in [7, 11) is 2.86. The Kier molecular flexibility index (Phi) is 6.56. The molecule has 6 heteroatoms. The molecule has 1 aromatic rings. The predicted octanol–water partition coefficient (Wildman–Crippen LogP) is 4.64. The standard InChI is InChI=1S/C13H13Br3O3/c1-7(18-2)9-4-8(5-14)10(6-15)12(16)11(9)13(17)19-3/h4H,1,5-6H2,2-3H3. The number of carbonyl (C=O) groups is 1. The molecule has 0 unspecified atom stereocenters. The van der Waals surface area contributed by atoms with E-state index in [9.17, 15) is 4.79 Å². The minimum Gasteiger partial charge on any atom is -0.497 e. The van der Waals surface area contributed by atoms with Crippen LogP contribution in [0.1, 0.15) is 27.0 Å². The van der Waals surface area contributed by atoms with Crippen molar-refractivity contribution in [2.75, 3.05) is 14.2 Å². The number of hydrogen-bond donors (Lipinski definition) is 0. The molecule has 3 nitrogen and oxygen atoms in total. The first-order valence-corrected chi connectivity index (χ1v) is 8.33. The highest BCUT2D eigenvalue weighted by Gasteiger charge is 2.23. The van der Waals surface area contributed by atoms with Crippen molar-refractivity contribution in [2.24, 2.45) is 0 Å². The van der Waals surface area contributed by atoms with Crippen molar-refractivity contribution >= 4 is 59.5 Å². The molecule has 0 atom stereocenters. The molecule has 0 heterocycles. The van der Waals surface area contributed by atoms with Gasteiger partial charge in [-0.2, -0.15) is 0 Å². The lowest BCUT2D eigenvalue weighted by Crippen LogP contribution is -2.10. The predicted molar refractivity (Wildman–Crippen MR) is 86.8 cm³/mol. The van der Waals surface area contributed by atoms with Gasteiger partial charge in [0.2, 0.25) is 0 Å². The van der Waals surface area contributed by atoms with Gasteiger partial charge in [-0.15, -0.1) is 0 Å². The first-order chi connectivity index (χ1) is 9.01. The van der Waals surface area contributed by atoms with Crippen LogP contribution in [-0.4, -0.2) is 20.2 Å². The third-order valence-corrected chi connectivity index (χ3v) is 4.71. The Hall–Kier alpha value is -0.330. The van der Waals surface area contributed by atoms with E-state index in [4.69, 9.17) is 9.47 Å². The summed E-state index contributed by atoms with van der Waals surface area (Å²) in [6.45, 7) is 3.81. The zero-order valence-corrected chi connectivity index (χ0v) is 15.3. The van der Waals surface area contributed by atoms with E-state index in [2.05, 4.69) is 54.4 Å². The Morgan fingerprint density at radius 2 is 1.89 bits per heavy atom. The Labute approximate surface area is 137 Å². The van der Waals surface area contributed by atoms with Crippen LogP contribution >= 0.6 is 47.8 Å². The summed E-state index contributed by atoms with van der Waals surface area (Å²) < 4.78 is 10.7. The molecule has 0 N–H and O–H groups in total. The molecule has 1 rings (SSSR count). The number of ether oxygens (including phenoxy) is 2. The average Bonchev–Trinajstić information content (AvgIpc) is 2.44. The third kappa shape index (κ3) is 3.41. The molecular formula is C13H13Br3O3. The van der Waals surface area contributed by atoms with Gasteiger partial charge < -0.3 is 9.47 Å². The van der Waals surface area contributed by atoms with Crippen molar-refractivity contribution in [1.29, 1.82) is 0 Å². The molecule has 0 aliphatic carbocycles. The highest BCUT2D eigenvalue weighted by molar-refractivity contribution is 9.11. The highest BCUT2D eigenvalue weighted by Crippen LogP contribution is 2.34. The maximum Gasteiger partial charge on any atom is 0.339 e. The number of halogens is 3. The first-order valence-electron chi connectivity index (χ1n) is 5.29. The van der Waals surface area contributed by atoms with E-state index in [0.29, 0.717) is 32.0 Å². The van der Waals surface area contributed by atoms with Gasteiger partial charge in [0.05, 0.1) is 19.8 Å². The number of alkyl halides is 2. The molecule has 104 valence electrons. The van der Waals surface area contributed by atoms with E-state index in [1.807, 2.05) is 6.07 Å². The van der Waals surface area contributed by atoms with Gasteiger partial charge >= 0.3 is 5.97 Å². The van der Waals surface area contributed by atoms with E-state index in [1.165, 1.54) is 14.2 Å². The van der Waals surface area contributed by atoms with Crippen LogP contribution in [0.4, 0.5) is 0 Å². The van der Waals surface area contributed by atoms with Gasteiger partial charge in [-0.05, 0) is 33.1 Å². The Morgan fingerprint density at radius 3 is 2.32 bits per heavy atom. The number of hydrogen-bond acceptors (Lipinski definition) is 3. The average molecular weight is 457 g/mol. The summed E-state index contributed by atoms with van der Waals surface area (Å²) in [5.41, 5.74) is 3.09. The van der Waals surface area contributed by atoms with E-state index < -0.39 is 5.97 Å². The molecule has 0 aromatic heterocycles. The van der Waals surface area contributed by atoms with Crippen LogP contribution in [0.25, 0.3) is 5.76 Å². The minimum atomic E-state index is -0.427. The number of carbonyl (C=O) groups excluding carboxylic acids is 1. The van der Waals surface area contributed by atoms with Crippen molar-refractivity contribution in [1.82, 2.24) is 0 Å². The summed E-state index contributed by atoms with van der Waals surface area (Å²) in [4.78, 5) is 12.0. The molecule has 0 fully saturated rings. The fourth-order valence-electron chi connectivity index (χ4n) is 1.64. The Morgan fingerprint density at radius 1 is 1.26 bits per heavy atom. The van der Waals surface area contributed by atoms with Gasteiger partial charge in [-0.1, -0.05) is 38.4 Å². The molecule has 0 aliphatic heterocycles. The molecular weight excluding hydrogens is 444 g/mol. The van der Waals surface area contributed by atoms with E-state index in [1.54, 1.807) is 0 Å². The van der Waals surface area contributed by atoms with E-state index in [0.717, 1.165) is 11.1 Å². The number of esters is 1. The topological polar surface area (TPSA) is 35.5 Å². The molecule has 0 amide bonds. The molecule has 0 saturated carbocycles. The quantitative estimate of drug-likeness (QED) is 0.368. The largest absolute Gasteiger partial charge is 0.497 e. The second kappa shape index (κ2) is 7.45. The van der Waals surface area contributed by atoms with E-state index in [-0.39, 0.29) is 0 Å². The van der Waals surface area contributed by atoms with Crippen molar-refractivity contribution in [3.05, 3.63) is 39.4 Å². The molecule has 0 spiro atoms. The summed E-state index contributed by atoms with van der Waals surface area (Å²) in [5, 5.41) is 1.29. The summed E-state index contributed by atoms with van der Waals surface area (Å²) in [6, 6.07) is 1.88. The van der Waals surface area contributed by atoms with Gasteiger partial charge in [-0.25, -0.2) is 4.79 Å². The number of methoxy groups -OCH3 is 2. The summed E-state index contributed by atoms with van der Waals surface area (Å²) in [5.74, 6) is -0.00665.